The first-order valence-electron chi connectivity index (χ1n) is 9.20. The van der Waals surface area contributed by atoms with E-state index in [4.69, 9.17) is 0 Å². The van der Waals surface area contributed by atoms with E-state index in [-0.39, 0.29) is 24.4 Å². The lowest BCUT2D eigenvalue weighted by molar-refractivity contribution is -0.134. The number of nitrogens with zero attached hydrogens (tertiary/aromatic N) is 3. The maximum Gasteiger partial charge on any atom is 0.325 e. The number of urea groups is 1. The van der Waals surface area contributed by atoms with Crippen molar-refractivity contribution in [3.05, 3.63) is 45.7 Å². The van der Waals surface area contributed by atoms with E-state index < -0.39 is 5.54 Å². The zero-order valence-electron chi connectivity index (χ0n) is 15.5. The summed E-state index contributed by atoms with van der Waals surface area (Å²) in [4.78, 5) is 37.4. The van der Waals surface area contributed by atoms with Gasteiger partial charge in [0.1, 0.15) is 0 Å². The van der Waals surface area contributed by atoms with Crippen LogP contribution in [0, 0.1) is 19.8 Å². The first kappa shape index (κ1) is 18.1. The summed E-state index contributed by atoms with van der Waals surface area (Å²) in [7, 11) is 0. The summed E-state index contributed by atoms with van der Waals surface area (Å²) in [5.74, 6) is -0.147. The van der Waals surface area contributed by atoms with E-state index in [2.05, 4.69) is 20.6 Å². The Morgan fingerprint density at radius 1 is 1.30 bits per heavy atom. The number of amides is 3. The highest BCUT2D eigenvalue weighted by Crippen LogP contribution is 2.41. The summed E-state index contributed by atoms with van der Waals surface area (Å²) >= 11 is 1.53. The maximum atomic E-state index is 13.6. The largest absolute Gasteiger partial charge is 0.325 e. The molecule has 0 spiro atoms. The molecule has 0 aliphatic carbocycles. The smallest absolute Gasteiger partial charge is 0.319 e. The molecule has 2 aliphatic heterocycles. The van der Waals surface area contributed by atoms with Gasteiger partial charge < -0.3 is 10.6 Å². The summed E-state index contributed by atoms with van der Waals surface area (Å²) in [6.07, 6.45) is 5.04. The fraction of sp³-hybridized carbons (Fsp3) is 0.474. The van der Waals surface area contributed by atoms with Gasteiger partial charge >= 0.3 is 6.03 Å². The zero-order valence-corrected chi connectivity index (χ0v) is 16.3. The number of nitrogens with one attached hydrogen (secondary N) is 2. The fourth-order valence-corrected chi connectivity index (χ4v) is 5.09. The van der Waals surface area contributed by atoms with Crippen LogP contribution in [0.5, 0.6) is 0 Å². The molecule has 4 rings (SSSR count). The molecule has 2 saturated heterocycles. The van der Waals surface area contributed by atoms with Crippen molar-refractivity contribution in [2.75, 3.05) is 13.1 Å². The lowest BCUT2D eigenvalue weighted by Gasteiger charge is -2.37. The Morgan fingerprint density at radius 2 is 2.07 bits per heavy atom. The lowest BCUT2D eigenvalue weighted by Crippen LogP contribution is -2.53. The zero-order chi connectivity index (χ0) is 19.0. The molecule has 0 saturated carbocycles. The fourth-order valence-electron chi connectivity index (χ4n) is 4.16. The summed E-state index contributed by atoms with van der Waals surface area (Å²) in [6.45, 7) is 5.78. The van der Waals surface area contributed by atoms with Gasteiger partial charge in [-0.05, 0) is 51.8 Å². The van der Waals surface area contributed by atoms with Gasteiger partial charge in [0.25, 0.3) is 5.91 Å². The van der Waals surface area contributed by atoms with Crippen LogP contribution in [0.4, 0.5) is 4.79 Å². The van der Waals surface area contributed by atoms with Gasteiger partial charge in [-0.1, -0.05) is 6.07 Å². The number of piperidine rings is 1. The molecule has 2 aromatic rings. The Labute approximate surface area is 162 Å². The number of thiazole rings is 1. The molecule has 0 bridgehead atoms. The Hall–Kier alpha value is -2.32. The third-order valence-electron chi connectivity index (χ3n) is 5.50. The van der Waals surface area contributed by atoms with Crippen LogP contribution in [0.1, 0.15) is 34.0 Å². The summed E-state index contributed by atoms with van der Waals surface area (Å²) in [6, 6.07) is 3.36. The van der Waals surface area contributed by atoms with Gasteiger partial charge in [-0.3, -0.25) is 14.7 Å². The van der Waals surface area contributed by atoms with Crippen molar-refractivity contribution in [2.24, 2.45) is 5.92 Å². The van der Waals surface area contributed by atoms with Crippen LogP contribution in [0.15, 0.2) is 24.5 Å². The van der Waals surface area contributed by atoms with Crippen LogP contribution < -0.4 is 10.6 Å². The van der Waals surface area contributed by atoms with Gasteiger partial charge in [0.2, 0.25) is 0 Å². The van der Waals surface area contributed by atoms with Crippen molar-refractivity contribution < 1.29 is 9.59 Å². The Kier molecular flexibility index (Phi) is 4.69. The SMILES string of the molecule is Cc1nc(C)c(CN2C(=O)N[C@](c3cccnc3)(C3CCNCC3)C2=O)s1. The van der Waals surface area contributed by atoms with Crippen LogP contribution in [-0.4, -0.2) is 39.9 Å². The highest BCUT2D eigenvalue weighted by atomic mass is 32.1. The van der Waals surface area contributed by atoms with Gasteiger partial charge in [0.15, 0.2) is 5.54 Å². The quantitative estimate of drug-likeness (QED) is 0.787. The van der Waals surface area contributed by atoms with Crippen molar-refractivity contribution in [2.45, 2.75) is 38.8 Å². The Balaban J connectivity index is 1.72. The molecule has 2 fully saturated rings. The molecule has 1 atom stereocenters. The first-order valence-corrected chi connectivity index (χ1v) is 10.0. The predicted molar refractivity (Wildman–Crippen MR) is 102 cm³/mol. The number of aryl methyl sites for hydroxylation is 2. The molecule has 7 nitrogen and oxygen atoms in total. The third-order valence-corrected chi connectivity index (χ3v) is 6.56. The van der Waals surface area contributed by atoms with Crippen LogP contribution in [-0.2, 0) is 16.9 Å². The molecule has 2 aromatic heterocycles. The van der Waals surface area contributed by atoms with Crippen molar-refractivity contribution in [1.82, 2.24) is 25.5 Å². The number of carbonyl (C=O) groups excluding carboxylic acids is 2. The minimum absolute atomic E-state index is 0.0358. The second-order valence-corrected chi connectivity index (χ2v) is 8.42. The molecule has 27 heavy (non-hydrogen) atoms. The monoisotopic (exact) mass is 385 g/mol. The number of aromatic nitrogens is 2. The van der Waals surface area contributed by atoms with E-state index in [1.165, 1.54) is 16.2 Å². The molecule has 4 heterocycles. The second kappa shape index (κ2) is 7.01. The van der Waals surface area contributed by atoms with Crippen molar-refractivity contribution in [3.8, 4) is 0 Å². The van der Waals surface area contributed by atoms with E-state index >= 15 is 0 Å². The molecule has 3 amide bonds. The Morgan fingerprint density at radius 3 is 2.70 bits per heavy atom. The van der Waals surface area contributed by atoms with E-state index in [1.807, 2.05) is 26.0 Å². The third kappa shape index (κ3) is 3.02. The normalized spacial score (nSPS) is 23.7. The van der Waals surface area contributed by atoms with Gasteiger partial charge in [0.05, 0.1) is 17.2 Å². The van der Waals surface area contributed by atoms with E-state index in [0.717, 1.165) is 47.1 Å². The molecule has 142 valence electrons. The standard InChI is InChI=1S/C19H23N5O2S/c1-12-16(27-13(2)22-12)11-24-17(25)19(23-18(24)26,14-5-8-20-9-6-14)15-4-3-7-21-10-15/h3-4,7,10,14,20H,5-6,8-9,11H2,1-2H3,(H,23,26)/t19-/m0/s1. The first-order chi connectivity index (χ1) is 13.0. The molecular weight excluding hydrogens is 362 g/mol. The van der Waals surface area contributed by atoms with Gasteiger partial charge in [-0.25, -0.2) is 9.78 Å². The molecule has 0 aromatic carbocycles. The van der Waals surface area contributed by atoms with Crippen molar-refractivity contribution in [3.63, 3.8) is 0 Å². The molecule has 8 heteroatoms. The second-order valence-electron chi connectivity index (χ2n) is 7.14. The maximum absolute atomic E-state index is 13.6. The number of hydrogen-bond donors (Lipinski definition) is 2. The summed E-state index contributed by atoms with van der Waals surface area (Å²) < 4.78 is 0. The highest BCUT2D eigenvalue weighted by Gasteiger charge is 2.57. The molecule has 0 unspecified atom stereocenters. The number of pyridine rings is 1. The highest BCUT2D eigenvalue weighted by molar-refractivity contribution is 7.11. The van der Waals surface area contributed by atoms with Crippen LogP contribution >= 0.6 is 11.3 Å². The van der Waals surface area contributed by atoms with Crippen molar-refractivity contribution in [1.29, 1.82) is 0 Å². The number of rotatable bonds is 4. The van der Waals surface area contributed by atoms with E-state index in [1.54, 1.807) is 12.4 Å². The molecule has 2 aliphatic rings. The molecular formula is C19H23N5O2S. The average Bonchev–Trinajstić information content (AvgIpc) is 3.14. The Bertz CT molecular complexity index is 862. The minimum Gasteiger partial charge on any atom is -0.319 e. The number of imide groups is 1. The number of hydrogen-bond acceptors (Lipinski definition) is 6. The molecule has 0 radical (unpaired) electrons. The van der Waals surface area contributed by atoms with Crippen molar-refractivity contribution >= 4 is 23.3 Å². The van der Waals surface area contributed by atoms with Gasteiger partial charge in [-0.2, -0.15) is 0 Å². The minimum atomic E-state index is -1.04. The number of carbonyl (C=O) groups is 2. The van der Waals surface area contributed by atoms with Crippen LogP contribution in [0.2, 0.25) is 0 Å². The average molecular weight is 385 g/mol. The lowest BCUT2D eigenvalue weighted by atomic mass is 9.74. The van der Waals surface area contributed by atoms with E-state index in [0.29, 0.717) is 0 Å². The van der Waals surface area contributed by atoms with Crippen LogP contribution in [0.3, 0.4) is 0 Å². The van der Waals surface area contributed by atoms with Crippen LogP contribution in [0.25, 0.3) is 0 Å². The topological polar surface area (TPSA) is 87.2 Å². The molecule has 2 N–H and O–H groups in total. The predicted octanol–water partition coefficient (Wildman–Crippen LogP) is 2.10. The van der Waals surface area contributed by atoms with E-state index in [9.17, 15) is 9.59 Å². The van der Waals surface area contributed by atoms with Gasteiger partial charge in [0, 0.05) is 22.8 Å². The summed E-state index contributed by atoms with van der Waals surface area (Å²) in [5, 5.41) is 7.32. The summed E-state index contributed by atoms with van der Waals surface area (Å²) in [5.41, 5.74) is 0.593. The van der Waals surface area contributed by atoms with Gasteiger partial charge in [-0.15, -0.1) is 11.3 Å².